The number of carbonyl (C=O) groups excluding carboxylic acids is 1. The summed E-state index contributed by atoms with van der Waals surface area (Å²) in [7, 11) is 0. The molecule has 1 amide bonds. The Morgan fingerprint density at radius 1 is 1.24 bits per heavy atom. The van der Waals surface area contributed by atoms with Crippen molar-refractivity contribution < 1.29 is 13.9 Å². The van der Waals surface area contributed by atoms with Crippen LogP contribution in [-0.2, 0) is 16.1 Å². The number of hydrogen-bond acceptors (Lipinski definition) is 6. The Morgan fingerprint density at radius 3 is 2.66 bits per heavy atom. The average molecular weight is 425 g/mol. The number of pyridine rings is 1. The molecule has 0 aliphatic carbocycles. The van der Waals surface area contributed by atoms with E-state index in [0.29, 0.717) is 21.6 Å². The summed E-state index contributed by atoms with van der Waals surface area (Å²) in [5.74, 6) is 0.388. The number of ether oxygens (including phenoxy) is 1. The summed E-state index contributed by atoms with van der Waals surface area (Å²) in [5.41, 5.74) is 3.57. The predicted octanol–water partition coefficient (Wildman–Crippen LogP) is 5.30. The summed E-state index contributed by atoms with van der Waals surface area (Å²) < 4.78 is 12.3. The van der Waals surface area contributed by atoms with E-state index in [-0.39, 0.29) is 11.5 Å². The second-order valence-corrected chi connectivity index (χ2v) is 9.42. The highest BCUT2D eigenvalue weighted by Gasteiger charge is 2.23. The first-order chi connectivity index (χ1) is 13.8. The molecule has 0 bridgehead atoms. The van der Waals surface area contributed by atoms with E-state index in [1.54, 1.807) is 18.5 Å². The maximum absolute atomic E-state index is 11.9. The van der Waals surface area contributed by atoms with E-state index in [0.717, 1.165) is 27.7 Å². The number of nitrogens with one attached hydrogen (secondary N) is 1. The lowest BCUT2D eigenvalue weighted by Gasteiger charge is -2.19. The Labute approximate surface area is 178 Å². The molecule has 1 aliphatic rings. The van der Waals surface area contributed by atoms with E-state index >= 15 is 0 Å². The maximum Gasteiger partial charge on any atom is 0.263 e. The van der Waals surface area contributed by atoms with E-state index in [1.165, 1.54) is 11.8 Å². The topological polar surface area (TPSA) is 64.4 Å². The van der Waals surface area contributed by atoms with Crippen LogP contribution in [0.15, 0.2) is 52.0 Å². The van der Waals surface area contributed by atoms with Crippen molar-refractivity contribution in [3.63, 3.8) is 0 Å². The molecule has 0 atom stereocenters. The van der Waals surface area contributed by atoms with Crippen LogP contribution in [0.5, 0.6) is 0 Å². The van der Waals surface area contributed by atoms with E-state index in [9.17, 15) is 4.79 Å². The number of furan rings is 1. The van der Waals surface area contributed by atoms with E-state index in [1.807, 2.05) is 51.1 Å². The van der Waals surface area contributed by atoms with Crippen molar-refractivity contribution in [2.75, 3.05) is 0 Å². The number of thioether (sulfide) groups is 1. The zero-order valence-corrected chi connectivity index (χ0v) is 17.9. The molecule has 1 aromatic carbocycles. The van der Waals surface area contributed by atoms with Crippen molar-refractivity contribution in [3.05, 3.63) is 59.0 Å². The molecule has 1 aliphatic heterocycles. The van der Waals surface area contributed by atoms with Gasteiger partial charge in [-0.25, -0.2) is 0 Å². The van der Waals surface area contributed by atoms with Gasteiger partial charge in [0.2, 0.25) is 0 Å². The Bertz CT molecular complexity index is 1130. The summed E-state index contributed by atoms with van der Waals surface area (Å²) in [4.78, 5) is 16.7. The fraction of sp³-hybridized carbons (Fsp3) is 0.227. The smallest absolute Gasteiger partial charge is 0.263 e. The first kappa shape index (κ1) is 19.8. The number of rotatable bonds is 4. The minimum absolute atomic E-state index is 0.175. The molecule has 1 saturated heterocycles. The SMILES string of the molecule is CC(C)(C)OCc1ccc(-c2cncc3cc(/C=C4/SC(=S)NC4=O)oc23)cc1. The molecule has 3 aromatic rings. The Morgan fingerprint density at radius 2 is 2.00 bits per heavy atom. The molecule has 0 radical (unpaired) electrons. The lowest BCUT2D eigenvalue weighted by molar-refractivity contribution is -0.115. The molecule has 5 nitrogen and oxygen atoms in total. The summed E-state index contributed by atoms with van der Waals surface area (Å²) in [5, 5.41) is 3.48. The van der Waals surface area contributed by atoms with Crippen molar-refractivity contribution in [3.8, 4) is 11.1 Å². The molecule has 0 saturated carbocycles. The Balaban J connectivity index is 1.63. The summed E-state index contributed by atoms with van der Waals surface area (Å²) >= 11 is 6.26. The van der Waals surface area contributed by atoms with Gasteiger partial charge in [0.05, 0.1) is 17.1 Å². The first-order valence-corrected chi connectivity index (χ1v) is 10.4. The Kier molecular flexibility index (Phi) is 5.29. The maximum atomic E-state index is 11.9. The molecular formula is C22H20N2O3S2. The van der Waals surface area contributed by atoms with Gasteiger partial charge in [-0.05, 0) is 38.0 Å². The molecule has 2 aromatic heterocycles. The van der Waals surface area contributed by atoms with Gasteiger partial charge in [0.1, 0.15) is 15.7 Å². The van der Waals surface area contributed by atoms with Gasteiger partial charge in [0.15, 0.2) is 0 Å². The number of nitrogens with zero attached hydrogens (tertiary/aromatic N) is 1. The summed E-state index contributed by atoms with van der Waals surface area (Å²) in [6.07, 6.45) is 5.24. The van der Waals surface area contributed by atoms with E-state index < -0.39 is 0 Å². The van der Waals surface area contributed by atoms with Crippen LogP contribution in [0.25, 0.3) is 28.2 Å². The van der Waals surface area contributed by atoms with Crippen molar-refractivity contribution in [2.45, 2.75) is 33.0 Å². The van der Waals surface area contributed by atoms with Crippen molar-refractivity contribution in [1.82, 2.24) is 10.3 Å². The highest BCUT2D eigenvalue weighted by molar-refractivity contribution is 8.26. The van der Waals surface area contributed by atoms with Crippen molar-refractivity contribution >= 4 is 51.3 Å². The predicted molar refractivity (Wildman–Crippen MR) is 120 cm³/mol. The highest BCUT2D eigenvalue weighted by atomic mass is 32.2. The van der Waals surface area contributed by atoms with Crippen LogP contribution in [0.3, 0.4) is 0 Å². The molecule has 148 valence electrons. The molecule has 1 fully saturated rings. The van der Waals surface area contributed by atoms with Crippen LogP contribution in [0.1, 0.15) is 32.1 Å². The fourth-order valence-electron chi connectivity index (χ4n) is 2.89. The fourth-order valence-corrected chi connectivity index (χ4v) is 3.91. The molecule has 29 heavy (non-hydrogen) atoms. The molecule has 4 rings (SSSR count). The monoisotopic (exact) mass is 424 g/mol. The first-order valence-electron chi connectivity index (χ1n) is 9.14. The second-order valence-electron chi connectivity index (χ2n) is 7.70. The van der Waals surface area contributed by atoms with Crippen LogP contribution >= 0.6 is 24.0 Å². The van der Waals surface area contributed by atoms with Gasteiger partial charge in [-0.15, -0.1) is 0 Å². The van der Waals surface area contributed by atoms with E-state index in [4.69, 9.17) is 21.4 Å². The van der Waals surface area contributed by atoms with Crippen LogP contribution in [0.2, 0.25) is 0 Å². The lowest BCUT2D eigenvalue weighted by Crippen LogP contribution is -2.18. The van der Waals surface area contributed by atoms with Gasteiger partial charge >= 0.3 is 0 Å². The highest BCUT2D eigenvalue weighted by Crippen LogP contribution is 2.33. The van der Waals surface area contributed by atoms with Gasteiger partial charge < -0.3 is 14.5 Å². The van der Waals surface area contributed by atoms with Crippen LogP contribution in [0.4, 0.5) is 0 Å². The third-order valence-electron chi connectivity index (χ3n) is 4.29. The van der Waals surface area contributed by atoms with Gasteiger partial charge in [-0.2, -0.15) is 0 Å². The number of benzene rings is 1. The molecule has 0 unspecified atom stereocenters. The number of fused-ring (bicyclic) bond motifs is 1. The quantitative estimate of drug-likeness (QED) is 0.453. The zero-order chi connectivity index (χ0) is 20.6. The van der Waals surface area contributed by atoms with Gasteiger partial charge in [-0.3, -0.25) is 9.78 Å². The lowest BCUT2D eigenvalue weighted by atomic mass is 10.0. The van der Waals surface area contributed by atoms with Crippen LogP contribution in [0, 0.1) is 0 Å². The van der Waals surface area contributed by atoms with Gasteiger partial charge in [0.25, 0.3) is 5.91 Å². The number of aromatic nitrogens is 1. The largest absolute Gasteiger partial charge is 0.456 e. The number of amides is 1. The Hall–Kier alpha value is -2.48. The standard InChI is InChI=1S/C22H20N2O3S2/c1-22(2,3)26-12-13-4-6-14(7-5-13)17-11-23-10-15-8-16(27-19(15)17)9-18-20(25)24-21(28)29-18/h4-11H,12H2,1-3H3,(H,24,25,28)/b18-9+. The molecule has 0 spiro atoms. The second kappa shape index (κ2) is 7.74. The molecule has 1 N–H and O–H groups in total. The van der Waals surface area contributed by atoms with E-state index in [2.05, 4.69) is 10.3 Å². The minimum Gasteiger partial charge on any atom is -0.456 e. The van der Waals surface area contributed by atoms with Crippen LogP contribution in [-0.4, -0.2) is 20.8 Å². The average Bonchev–Trinajstić information content (AvgIpc) is 3.21. The summed E-state index contributed by atoms with van der Waals surface area (Å²) in [6, 6.07) is 10.0. The third kappa shape index (κ3) is 4.58. The number of hydrogen-bond donors (Lipinski definition) is 1. The number of carbonyl (C=O) groups is 1. The van der Waals surface area contributed by atoms with Gasteiger partial charge in [0, 0.05) is 29.4 Å². The van der Waals surface area contributed by atoms with Gasteiger partial charge in [-0.1, -0.05) is 48.2 Å². The zero-order valence-electron chi connectivity index (χ0n) is 16.3. The van der Waals surface area contributed by atoms with Crippen LogP contribution < -0.4 is 5.32 Å². The third-order valence-corrected chi connectivity index (χ3v) is 5.46. The molecular weight excluding hydrogens is 404 g/mol. The normalized spacial score (nSPS) is 16.0. The van der Waals surface area contributed by atoms with Crippen molar-refractivity contribution in [2.24, 2.45) is 0 Å². The number of thiocarbonyl (C=S) groups is 1. The van der Waals surface area contributed by atoms with Crippen molar-refractivity contribution in [1.29, 1.82) is 0 Å². The summed E-state index contributed by atoms with van der Waals surface area (Å²) in [6.45, 7) is 6.68. The minimum atomic E-state index is -0.202. The molecule has 3 heterocycles. The molecule has 7 heteroatoms.